The summed E-state index contributed by atoms with van der Waals surface area (Å²) in [5.74, 6) is 1.08. The van der Waals surface area contributed by atoms with Crippen LogP contribution in [0.2, 0.25) is 0 Å². The lowest BCUT2D eigenvalue weighted by Gasteiger charge is -2.12. The zero-order chi connectivity index (χ0) is 24.4. The summed E-state index contributed by atoms with van der Waals surface area (Å²) in [6.45, 7) is 5.96. The van der Waals surface area contributed by atoms with Gasteiger partial charge in [-0.3, -0.25) is 9.59 Å². The fourth-order valence-corrected chi connectivity index (χ4v) is 4.51. The Labute approximate surface area is 200 Å². The van der Waals surface area contributed by atoms with Crippen LogP contribution in [0.15, 0.2) is 46.3 Å². The van der Waals surface area contributed by atoms with E-state index in [-0.39, 0.29) is 17.2 Å². The highest BCUT2D eigenvalue weighted by atomic mass is 32.2. The standard InChI is InChI=1S/C24H25N5O4S/c1-13-8-14(2)22(15(3)9-13)25-21(30)12-34-24-27-26-23(31)18-11-17(28-29(18)24)16-6-7-19(32-4)20(10-16)33-5/h6-11H,12H2,1-5H3,(H,25,30)(H,26,31). The van der Waals surface area contributed by atoms with Crippen LogP contribution in [0.5, 0.6) is 11.5 Å². The predicted molar refractivity (Wildman–Crippen MR) is 132 cm³/mol. The number of hydrogen-bond donors (Lipinski definition) is 2. The van der Waals surface area contributed by atoms with Crippen LogP contribution >= 0.6 is 11.8 Å². The van der Waals surface area contributed by atoms with E-state index in [1.54, 1.807) is 32.4 Å². The average Bonchev–Trinajstić information content (AvgIpc) is 3.27. The summed E-state index contributed by atoms with van der Waals surface area (Å²) in [6, 6.07) is 11.1. The number of methoxy groups -OCH3 is 2. The Kier molecular flexibility index (Phi) is 6.60. The van der Waals surface area contributed by atoms with Crippen LogP contribution in [0, 0.1) is 20.8 Å². The zero-order valence-electron chi connectivity index (χ0n) is 19.6. The van der Waals surface area contributed by atoms with Gasteiger partial charge in [0.2, 0.25) is 11.1 Å². The molecule has 0 unspecified atom stereocenters. The summed E-state index contributed by atoms with van der Waals surface area (Å²) in [5, 5.41) is 14.5. The number of carbonyl (C=O) groups is 1. The summed E-state index contributed by atoms with van der Waals surface area (Å²) in [4.78, 5) is 25.0. The molecule has 2 aromatic heterocycles. The number of benzene rings is 2. The first-order valence-corrected chi connectivity index (χ1v) is 11.5. The van der Waals surface area contributed by atoms with Gasteiger partial charge in [-0.1, -0.05) is 29.5 Å². The summed E-state index contributed by atoms with van der Waals surface area (Å²) >= 11 is 1.19. The molecule has 2 N–H and O–H groups in total. The van der Waals surface area contributed by atoms with Crippen LogP contribution in [0.25, 0.3) is 16.8 Å². The number of rotatable bonds is 7. The van der Waals surface area contributed by atoms with Crippen molar-refractivity contribution in [1.82, 2.24) is 19.8 Å². The quantitative estimate of drug-likeness (QED) is 0.388. The first-order chi connectivity index (χ1) is 16.3. The number of ether oxygens (including phenoxy) is 2. The van der Waals surface area contributed by atoms with Gasteiger partial charge < -0.3 is 14.8 Å². The number of fused-ring (bicyclic) bond motifs is 1. The largest absolute Gasteiger partial charge is 0.493 e. The van der Waals surface area contributed by atoms with Crippen LogP contribution in [-0.4, -0.2) is 45.7 Å². The molecule has 10 heteroatoms. The fraction of sp³-hybridized carbons (Fsp3) is 0.250. The summed E-state index contributed by atoms with van der Waals surface area (Å²) < 4.78 is 12.1. The Bertz CT molecular complexity index is 1420. The lowest BCUT2D eigenvalue weighted by Crippen LogP contribution is -2.18. The van der Waals surface area contributed by atoms with Crippen molar-refractivity contribution in [3.8, 4) is 22.8 Å². The minimum absolute atomic E-state index is 0.104. The normalized spacial score (nSPS) is 11.0. The first-order valence-electron chi connectivity index (χ1n) is 10.5. The molecule has 4 aromatic rings. The number of aryl methyl sites for hydroxylation is 3. The number of thioether (sulfide) groups is 1. The van der Waals surface area contributed by atoms with Crippen LogP contribution < -0.4 is 20.3 Å². The van der Waals surface area contributed by atoms with Crippen molar-refractivity contribution in [3.63, 3.8) is 0 Å². The molecule has 0 aliphatic heterocycles. The molecule has 2 heterocycles. The number of aromatic amines is 1. The number of amides is 1. The second-order valence-electron chi connectivity index (χ2n) is 7.84. The average molecular weight is 480 g/mol. The van der Waals surface area contributed by atoms with E-state index in [9.17, 15) is 9.59 Å². The highest BCUT2D eigenvalue weighted by Crippen LogP contribution is 2.32. The van der Waals surface area contributed by atoms with Gasteiger partial charge in [-0.05, 0) is 56.2 Å². The van der Waals surface area contributed by atoms with E-state index < -0.39 is 0 Å². The first kappa shape index (κ1) is 23.4. The monoisotopic (exact) mass is 479 g/mol. The second kappa shape index (κ2) is 9.60. The Morgan fingerprint density at radius 2 is 1.76 bits per heavy atom. The minimum atomic E-state index is -0.376. The third-order valence-electron chi connectivity index (χ3n) is 5.33. The lowest BCUT2D eigenvalue weighted by atomic mass is 10.1. The molecule has 0 atom stereocenters. The SMILES string of the molecule is COc1ccc(-c2cc3c(=O)[nH]nc(SCC(=O)Nc4c(C)cc(C)cc4C)n3n2)cc1OC. The summed E-state index contributed by atoms with van der Waals surface area (Å²) in [7, 11) is 3.12. The van der Waals surface area contributed by atoms with Crippen molar-refractivity contribution in [1.29, 1.82) is 0 Å². The Morgan fingerprint density at radius 1 is 1.06 bits per heavy atom. The number of nitrogens with zero attached hydrogens (tertiary/aromatic N) is 3. The third kappa shape index (κ3) is 4.62. The molecule has 9 nitrogen and oxygen atoms in total. The molecule has 176 valence electrons. The van der Waals surface area contributed by atoms with E-state index in [1.165, 1.54) is 16.3 Å². The topological polar surface area (TPSA) is 111 Å². The van der Waals surface area contributed by atoms with E-state index in [0.29, 0.717) is 27.9 Å². The van der Waals surface area contributed by atoms with Crippen LogP contribution in [-0.2, 0) is 4.79 Å². The van der Waals surface area contributed by atoms with E-state index in [4.69, 9.17) is 9.47 Å². The van der Waals surface area contributed by atoms with E-state index in [2.05, 4.69) is 20.6 Å². The van der Waals surface area contributed by atoms with Crippen molar-refractivity contribution in [2.24, 2.45) is 0 Å². The highest BCUT2D eigenvalue weighted by Gasteiger charge is 2.16. The van der Waals surface area contributed by atoms with Gasteiger partial charge in [0.05, 0.1) is 25.7 Å². The molecule has 0 radical (unpaired) electrons. The molecule has 0 aliphatic rings. The smallest absolute Gasteiger partial charge is 0.290 e. The zero-order valence-corrected chi connectivity index (χ0v) is 20.4. The summed E-state index contributed by atoms with van der Waals surface area (Å²) in [6.07, 6.45) is 0. The molecule has 4 rings (SSSR count). The van der Waals surface area contributed by atoms with Crippen LogP contribution in [0.3, 0.4) is 0 Å². The third-order valence-corrected chi connectivity index (χ3v) is 6.26. The fourth-order valence-electron chi connectivity index (χ4n) is 3.80. The van der Waals surface area contributed by atoms with Crippen molar-refractivity contribution < 1.29 is 14.3 Å². The van der Waals surface area contributed by atoms with Crippen molar-refractivity contribution >= 4 is 28.9 Å². The molecular formula is C24H25N5O4S. The Morgan fingerprint density at radius 3 is 2.44 bits per heavy atom. The molecule has 0 spiro atoms. The lowest BCUT2D eigenvalue weighted by molar-refractivity contribution is -0.113. The number of H-pyrrole nitrogens is 1. The molecule has 34 heavy (non-hydrogen) atoms. The Hall–Kier alpha value is -3.79. The maximum absolute atomic E-state index is 12.6. The molecule has 0 fully saturated rings. The Balaban J connectivity index is 1.58. The number of nitrogens with one attached hydrogen (secondary N) is 2. The summed E-state index contributed by atoms with van der Waals surface area (Å²) in [5.41, 5.74) is 5.24. The maximum Gasteiger partial charge on any atom is 0.290 e. The van der Waals surface area contributed by atoms with E-state index >= 15 is 0 Å². The number of hydrogen-bond acceptors (Lipinski definition) is 7. The maximum atomic E-state index is 12.6. The molecule has 2 aromatic carbocycles. The molecule has 1 amide bonds. The van der Waals surface area contributed by atoms with Crippen LogP contribution in [0.4, 0.5) is 5.69 Å². The van der Waals surface area contributed by atoms with Gasteiger partial charge in [0.1, 0.15) is 5.52 Å². The molecule has 0 saturated heterocycles. The molecular weight excluding hydrogens is 454 g/mol. The minimum Gasteiger partial charge on any atom is -0.493 e. The van der Waals surface area contributed by atoms with Gasteiger partial charge in [-0.2, -0.15) is 5.10 Å². The van der Waals surface area contributed by atoms with Gasteiger partial charge in [0.25, 0.3) is 5.56 Å². The molecule has 0 aliphatic carbocycles. The predicted octanol–water partition coefficient (Wildman–Crippen LogP) is 3.76. The second-order valence-corrected chi connectivity index (χ2v) is 8.78. The van der Waals surface area contributed by atoms with E-state index in [1.807, 2.05) is 39.0 Å². The van der Waals surface area contributed by atoms with Gasteiger partial charge in [-0.25, -0.2) is 9.61 Å². The van der Waals surface area contributed by atoms with E-state index in [0.717, 1.165) is 27.9 Å². The van der Waals surface area contributed by atoms with Gasteiger partial charge in [0.15, 0.2) is 11.5 Å². The van der Waals surface area contributed by atoms with Crippen molar-refractivity contribution in [2.75, 3.05) is 25.3 Å². The molecule has 0 saturated carbocycles. The number of anilines is 1. The van der Waals surface area contributed by atoms with Crippen molar-refractivity contribution in [2.45, 2.75) is 25.9 Å². The van der Waals surface area contributed by atoms with Gasteiger partial charge in [-0.15, -0.1) is 5.10 Å². The van der Waals surface area contributed by atoms with Gasteiger partial charge in [0, 0.05) is 11.3 Å². The number of carbonyl (C=O) groups excluding carboxylic acids is 1. The van der Waals surface area contributed by atoms with Crippen molar-refractivity contribution in [3.05, 3.63) is 63.4 Å². The number of aromatic nitrogens is 4. The van der Waals surface area contributed by atoms with Crippen LogP contribution in [0.1, 0.15) is 16.7 Å². The highest BCUT2D eigenvalue weighted by molar-refractivity contribution is 7.99. The van der Waals surface area contributed by atoms with Gasteiger partial charge >= 0.3 is 0 Å². The molecule has 0 bridgehead atoms.